The molecule has 2 aromatic carbocycles. The molecule has 1 saturated heterocycles. The van der Waals surface area contributed by atoms with Crippen LogP contribution in [0, 0.1) is 0 Å². The Morgan fingerprint density at radius 1 is 1.17 bits per heavy atom. The number of esters is 1. The number of ether oxygens (including phenoxy) is 1. The molecule has 0 amide bonds. The number of nitrogens with zero attached hydrogens (tertiary/aromatic N) is 2. The first-order valence-electron chi connectivity index (χ1n) is 9.47. The lowest BCUT2D eigenvalue weighted by Gasteiger charge is -2.22. The highest BCUT2D eigenvalue weighted by Gasteiger charge is 2.40. The lowest BCUT2D eigenvalue weighted by molar-refractivity contribution is -0.144. The highest BCUT2D eigenvalue weighted by molar-refractivity contribution is 7.89. The van der Waals surface area contributed by atoms with Crippen LogP contribution in [0.15, 0.2) is 64.9 Å². The second kappa shape index (κ2) is 8.55. The summed E-state index contributed by atoms with van der Waals surface area (Å²) in [5, 5.41) is 5.89. The number of methoxy groups -OCH3 is 1. The zero-order valence-electron chi connectivity index (χ0n) is 16.3. The number of nitrogens with one attached hydrogen (secondary N) is 1. The van der Waals surface area contributed by atoms with Crippen LogP contribution in [-0.2, 0) is 19.6 Å². The maximum absolute atomic E-state index is 13.0. The molecule has 0 bridgehead atoms. The lowest BCUT2D eigenvalue weighted by Crippen LogP contribution is -2.40. The number of hydrogen-bond acceptors (Lipinski definition) is 7. The number of hydrogen-bond donors (Lipinski definition) is 1. The van der Waals surface area contributed by atoms with E-state index in [4.69, 9.17) is 4.74 Å². The average Bonchev–Trinajstić information content (AvgIpc) is 3.44. The van der Waals surface area contributed by atoms with Crippen molar-refractivity contribution in [2.45, 2.75) is 23.8 Å². The SMILES string of the molecule is COC(=O)[C@@H]1CCCN1S(=O)(=O)c1ccc(Nc2nc(-c3ccccc3)cs2)cc1. The van der Waals surface area contributed by atoms with E-state index in [1.807, 2.05) is 35.7 Å². The summed E-state index contributed by atoms with van der Waals surface area (Å²) < 4.78 is 31.9. The van der Waals surface area contributed by atoms with Gasteiger partial charge in [0.1, 0.15) is 6.04 Å². The van der Waals surface area contributed by atoms with Crippen molar-refractivity contribution in [2.75, 3.05) is 19.0 Å². The van der Waals surface area contributed by atoms with Crippen molar-refractivity contribution in [3.8, 4) is 11.3 Å². The highest BCUT2D eigenvalue weighted by atomic mass is 32.2. The van der Waals surface area contributed by atoms with Gasteiger partial charge in [-0.05, 0) is 37.1 Å². The van der Waals surface area contributed by atoms with Crippen LogP contribution in [-0.4, -0.2) is 43.4 Å². The highest BCUT2D eigenvalue weighted by Crippen LogP contribution is 2.30. The summed E-state index contributed by atoms with van der Waals surface area (Å²) in [6.07, 6.45) is 1.10. The van der Waals surface area contributed by atoms with Crippen LogP contribution >= 0.6 is 11.3 Å². The first-order chi connectivity index (χ1) is 14.5. The molecule has 0 saturated carbocycles. The van der Waals surface area contributed by atoms with Gasteiger partial charge in [-0.15, -0.1) is 11.3 Å². The minimum absolute atomic E-state index is 0.146. The predicted octanol–water partition coefficient (Wildman–Crippen LogP) is 3.88. The van der Waals surface area contributed by atoms with Gasteiger partial charge in [-0.2, -0.15) is 4.31 Å². The van der Waals surface area contributed by atoms with E-state index >= 15 is 0 Å². The Morgan fingerprint density at radius 3 is 2.60 bits per heavy atom. The molecule has 0 spiro atoms. The Balaban J connectivity index is 1.49. The van der Waals surface area contributed by atoms with Crippen LogP contribution in [0.4, 0.5) is 10.8 Å². The van der Waals surface area contributed by atoms with Gasteiger partial charge in [0, 0.05) is 23.2 Å². The fourth-order valence-corrected chi connectivity index (χ4v) is 5.83. The summed E-state index contributed by atoms with van der Waals surface area (Å²) >= 11 is 1.48. The molecular formula is C21H21N3O4S2. The van der Waals surface area contributed by atoms with Gasteiger partial charge in [0.2, 0.25) is 10.0 Å². The van der Waals surface area contributed by atoms with Crippen LogP contribution in [0.3, 0.4) is 0 Å². The third kappa shape index (κ3) is 4.09. The van der Waals surface area contributed by atoms with Crippen LogP contribution in [0.5, 0.6) is 0 Å². The van der Waals surface area contributed by atoms with Crippen LogP contribution in [0.25, 0.3) is 11.3 Å². The number of carbonyl (C=O) groups excluding carboxylic acids is 1. The Labute approximate surface area is 179 Å². The molecule has 1 N–H and O–H groups in total. The van der Waals surface area contributed by atoms with Crippen LogP contribution < -0.4 is 5.32 Å². The van der Waals surface area contributed by atoms with E-state index in [2.05, 4.69) is 10.3 Å². The van der Waals surface area contributed by atoms with Crippen molar-refractivity contribution >= 4 is 38.1 Å². The Kier molecular flexibility index (Phi) is 5.85. The quantitative estimate of drug-likeness (QED) is 0.582. The summed E-state index contributed by atoms with van der Waals surface area (Å²) in [5.74, 6) is -0.521. The maximum Gasteiger partial charge on any atom is 0.324 e. The number of aromatic nitrogens is 1. The number of benzene rings is 2. The van der Waals surface area contributed by atoms with E-state index in [9.17, 15) is 13.2 Å². The molecule has 3 aromatic rings. The zero-order chi connectivity index (χ0) is 21.1. The number of carbonyl (C=O) groups is 1. The minimum atomic E-state index is -3.77. The zero-order valence-corrected chi connectivity index (χ0v) is 17.9. The molecule has 1 aromatic heterocycles. The first-order valence-corrected chi connectivity index (χ1v) is 11.8. The Morgan fingerprint density at radius 2 is 1.90 bits per heavy atom. The smallest absolute Gasteiger partial charge is 0.324 e. The molecule has 2 heterocycles. The van der Waals surface area contributed by atoms with Crippen molar-refractivity contribution in [3.63, 3.8) is 0 Å². The van der Waals surface area contributed by atoms with Gasteiger partial charge in [0.25, 0.3) is 0 Å². The van der Waals surface area contributed by atoms with E-state index < -0.39 is 22.0 Å². The number of thiazole rings is 1. The number of sulfonamides is 1. The van der Waals surface area contributed by atoms with Crippen molar-refractivity contribution in [1.29, 1.82) is 0 Å². The van der Waals surface area contributed by atoms with Gasteiger partial charge < -0.3 is 10.1 Å². The van der Waals surface area contributed by atoms with Gasteiger partial charge in [0.15, 0.2) is 5.13 Å². The summed E-state index contributed by atoms with van der Waals surface area (Å²) in [6.45, 7) is 0.309. The molecule has 0 unspecified atom stereocenters. The monoisotopic (exact) mass is 443 g/mol. The average molecular weight is 444 g/mol. The summed E-state index contributed by atoms with van der Waals surface area (Å²) in [4.78, 5) is 16.6. The number of rotatable bonds is 6. The Bertz CT molecular complexity index is 1130. The molecule has 1 atom stereocenters. The molecule has 30 heavy (non-hydrogen) atoms. The van der Waals surface area contributed by atoms with E-state index in [-0.39, 0.29) is 4.90 Å². The second-order valence-corrected chi connectivity index (χ2v) is 9.60. The third-order valence-electron chi connectivity index (χ3n) is 4.96. The van der Waals surface area contributed by atoms with E-state index in [1.165, 1.54) is 34.9 Å². The lowest BCUT2D eigenvalue weighted by atomic mass is 10.2. The van der Waals surface area contributed by atoms with Gasteiger partial charge in [0.05, 0.1) is 17.7 Å². The predicted molar refractivity (Wildman–Crippen MR) is 116 cm³/mol. The molecule has 1 fully saturated rings. The molecule has 156 valence electrons. The fourth-order valence-electron chi connectivity index (χ4n) is 3.44. The van der Waals surface area contributed by atoms with Gasteiger partial charge in [-0.3, -0.25) is 4.79 Å². The molecule has 0 aliphatic carbocycles. The van der Waals surface area contributed by atoms with E-state index in [1.54, 1.807) is 12.1 Å². The normalized spacial score (nSPS) is 17.0. The largest absolute Gasteiger partial charge is 0.468 e. The van der Waals surface area contributed by atoms with Crippen molar-refractivity contribution < 1.29 is 17.9 Å². The summed E-state index contributed by atoms with van der Waals surface area (Å²) in [6, 6.07) is 15.6. The minimum Gasteiger partial charge on any atom is -0.468 e. The summed E-state index contributed by atoms with van der Waals surface area (Å²) in [5.41, 5.74) is 2.65. The van der Waals surface area contributed by atoms with Gasteiger partial charge in [-0.1, -0.05) is 30.3 Å². The third-order valence-corrected chi connectivity index (χ3v) is 7.64. The van der Waals surface area contributed by atoms with Crippen molar-refractivity contribution in [2.24, 2.45) is 0 Å². The van der Waals surface area contributed by atoms with Crippen molar-refractivity contribution in [3.05, 3.63) is 60.0 Å². The number of anilines is 2. The van der Waals surface area contributed by atoms with Gasteiger partial charge >= 0.3 is 5.97 Å². The van der Waals surface area contributed by atoms with Gasteiger partial charge in [-0.25, -0.2) is 13.4 Å². The first kappa shape index (κ1) is 20.5. The van der Waals surface area contributed by atoms with E-state index in [0.717, 1.165) is 22.1 Å². The standard InChI is InChI=1S/C21H21N3O4S2/c1-28-20(25)19-8-5-13-24(19)30(26,27)17-11-9-16(10-12-17)22-21-23-18(14-29-21)15-6-3-2-4-7-15/h2-4,6-7,9-12,14,19H,5,8,13H2,1H3,(H,22,23)/t19-/m0/s1. The molecule has 9 heteroatoms. The molecule has 4 rings (SSSR count). The fraction of sp³-hybridized carbons (Fsp3) is 0.238. The van der Waals surface area contributed by atoms with Crippen LogP contribution in [0.2, 0.25) is 0 Å². The second-order valence-electron chi connectivity index (χ2n) is 6.85. The molecule has 7 nitrogen and oxygen atoms in total. The molecule has 0 radical (unpaired) electrons. The molecule has 1 aliphatic heterocycles. The van der Waals surface area contributed by atoms with E-state index in [0.29, 0.717) is 19.4 Å². The van der Waals surface area contributed by atoms with Crippen molar-refractivity contribution in [1.82, 2.24) is 9.29 Å². The Hall–Kier alpha value is -2.75. The molecular weight excluding hydrogens is 422 g/mol. The van der Waals surface area contributed by atoms with Crippen LogP contribution in [0.1, 0.15) is 12.8 Å². The molecule has 1 aliphatic rings. The maximum atomic E-state index is 13.0. The topological polar surface area (TPSA) is 88.6 Å². The summed E-state index contributed by atoms with van der Waals surface area (Å²) in [7, 11) is -2.50.